The highest BCUT2D eigenvalue weighted by molar-refractivity contribution is 5.89. The predicted molar refractivity (Wildman–Crippen MR) is 98.4 cm³/mol. The number of oxime groups is 1. The van der Waals surface area contributed by atoms with Crippen LogP contribution in [0.3, 0.4) is 0 Å². The SMILES string of the molecule is CON=C1CCN(C(N)=Nc2ccccc2-c2ccccc2)CC1. The zero-order valence-electron chi connectivity index (χ0n) is 13.9. The van der Waals surface area contributed by atoms with Crippen LogP contribution in [0, 0.1) is 0 Å². The third kappa shape index (κ3) is 3.74. The van der Waals surface area contributed by atoms with Crippen LogP contribution in [-0.4, -0.2) is 36.8 Å². The summed E-state index contributed by atoms with van der Waals surface area (Å²) in [4.78, 5) is 11.6. The molecule has 1 aliphatic rings. The Morgan fingerprint density at radius 3 is 2.38 bits per heavy atom. The zero-order chi connectivity index (χ0) is 16.8. The highest BCUT2D eigenvalue weighted by Crippen LogP contribution is 2.30. The van der Waals surface area contributed by atoms with Gasteiger partial charge < -0.3 is 15.5 Å². The first-order chi connectivity index (χ1) is 11.8. The molecule has 0 aromatic heterocycles. The summed E-state index contributed by atoms with van der Waals surface area (Å²) in [5, 5.41) is 4.02. The number of aliphatic imine (C=N–C) groups is 1. The second-order valence-electron chi connectivity index (χ2n) is 5.68. The second kappa shape index (κ2) is 7.64. The lowest BCUT2D eigenvalue weighted by Gasteiger charge is -2.28. The van der Waals surface area contributed by atoms with Crippen molar-refractivity contribution in [2.24, 2.45) is 15.9 Å². The summed E-state index contributed by atoms with van der Waals surface area (Å²) in [5.74, 6) is 0.551. The fourth-order valence-electron chi connectivity index (χ4n) is 2.84. The number of piperidine rings is 1. The van der Waals surface area contributed by atoms with Crippen molar-refractivity contribution < 1.29 is 4.84 Å². The van der Waals surface area contributed by atoms with Gasteiger partial charge in [-0.1, -0.05) is 53.7 Å². The van der Waals surface area contributed by atoms with Crippen LogP contribution in [0.1, 0.15) is 12.8 Å². The number of guanidine groups is 1. The molecule has 3 rings (SSSR count). The predicted octanol–water partition coefficient (Wildman–Crippen LogP) is 3.40. The van der Waals surface area contributed by atoms with E-state index in [9.17, 15) is 0 Å². The van der Waals surface area contributed by atoms with Gasteiger partial charge in [0.1, 0.15) is 7.11 Å². The number of likely N-dealkylation sites (tertiary alicyclic amines) is 1. The summed E-state index contributed by atoms with van der Waals surface area (Å²) in [5.41, 5.74) is 10.4. The van der Waals surface area contributed by atoms with E-state index in [4.69, 9.17) is 10.6 Å². The number of benzene rings is 2. The Balaban J connectivity index is 1.81. The summed E-state index contributed by atoms with van der Waals surface area (Å²) in [6, 6.07) is 18.3. The van der Waals surface area contributed by atoms with Crippen molar-refractivity contribution in [1.29, 1.82) is 0 Å². The van der Waals surface area contributed by atoms with Gasteiger partial charge in [0.15, 0.2) is 5.96 Å². The lowest BCUT2D eigenvalue weighted by molar-refractivity contribution is 0.209. The molecule has 1 aliphatic heterocycles. The third-order valence-corrected chi connectivity index (χ3v) is 4.11. The summed E-state index contributed by atoms with van der Waals surface area (Å²) in [6.45, 7) is 1.62. The Bertz CT molecular complexity index is 730. The van der Waals surface area contributed by atoms with E-state index in [0.29, 0.717) is 5.96 Å². The Morgan fingerprint density at radius 1 is 1.00 bits per heavy atom. The average molecular weight is 322 g/mol. The Labute approximate surface area is 142 Å². The van der Waals surface area contributed by atoms with Gasteiger partial charge in [0.2, 0.25) is 0 Å². The van der Waals surface area contributed by atoms with E-state index >= 15 is 0 Å². The van der Waals surface area contributed by atoms with Gasteiger partial charge >= 0.3 is 0 Å². The Morgan fingerprint density at radius 2 is 1.67 bits per heavy atom. The molecule has 0 amide bonds. The summed E-state index contributed by atoms with van der Waals surface area (Å²) < 4.78 is 0. The molecule has 1 heterocycles. The van der Waals surface area contributed by atoms with Crippen LogP contribution in [0.15, 0.2) is 64.7 Å². The van der Waals surface area contributed by atoms with Crippen LogP contribution >= 0.6 is 0 Å². The van der Waals surface area contributed by atoms with Crippen molar-refractivity contribution in [3.63, 3.8) is 0 Å². The van der Waals surface area contributed by atoms with Gasteiger partial charge in [-0.25, -0.2) is 4.99 Å². The van der Waals surface area contributed by atoms with E-state index in [-0.39, 0.29) is 0 Å². The topological polar surface area (TPSA) is 63.2 Å². The summed E-state index contributed by atoms with van der Waals surface area (Å²) in [6.07, 6.45) is 1.70. The highest BCUT2D eigenvalue weighted by atomic mass is 16.6. The van der Waals surface area contributed by atoms with Crippen molar-refractivity contribution in [2.45, 2.75) is 12.8 Å². The minimum atomic E-state index is 0.551. The van der Waals surface area contributed by atoms with Crippen LogP contribution in [0.2, 0.25) is 0 Å². The molecule has 0 bridgehead atoms. The standard InChI is InChI=1S/C19H22N4O/c1-24-22-16-11-13-23(14-12-16)19(20)21-18-10-6-5-9-17(18)15-7-3-2-4-8-15/h2-10H,11-14H2,1H3,(H2,20,21). The number of hydrogen-bond donors (Lipinski definition) is 1. The van der Waals surface area contributed by atoms with E-state index < -0.39 is 0 Å². The fourth-order valence-corrected chi connectivity index (χ4v) is 2.84. The molecule has 0 saturated carbocycles. The lowest BCUT2D eigenvalue weighted by Crippen LogP contribution is -2.42. The molecular formula is C19H22N4O. The first kappa shape index (κ1) is 16.1. The minimum Gasteiger partial charge on any atom is -0.399 e. The third-order valence-electron chi connectivity index (χ3n) is 4.11. The number of hydrogen-bond acceptors (Lipinski definition) is 3. The highest BCUT2D eigenvalue weighted by Gasteiger charge is 2.17. The summed E-state index contributed by atoms with van der Waals surface area (Å²) in [7, 11) is 1.58. The quantitative estimate of drug-likeness (QED) is 0.535. The molecule has 0 spiro atoms. The molecule has 24 heavy (non-hydrogen) atoms. The van der Waals surface area contributed by atoms with Crippen molar-refractivity contribution in [3.05, 3.63) is 54.6 Å². The molecule has 2 aromatic rings. The number of para-hydroxylation sites is 1. The number of nitrogens with two attached hydrogens (primary N) is 1. The maximum Gasteiger partial charge on any atom is 0.196 e. The smallest absolute Gasteiger partial charge is 0.196 e. The van der Waals surface area contributed by atoms with Crippen molar-refractivity contribution >= 4 is 17.4 Å². The maximum atomic E-state index is 6.25. The summed E-state index contributed by atoms with van der Waals surface area (Å²) >= 11 is 0. The minimum absolute atomic E-state index is 0.551. The van der Waals surface area contributed by atoms with Crippen LogP contribution in [0.5, 0.6) is 0 Å². The van der Waals surface area contributed by atoms with E-state index in [1.54, 1.807) is 7.11 Å². The van der Waals surface area contributed by atoms with Gasteiger partial charge in [0, 0.05) is 31.5 Å². The monoisotopic (exact) mass is 322 g/mol. The molecular weight excluding hydrogens is 300 g/mol. The van der Waals surface area contributed by atoms with Crippen LogP contribution in [0.4, 0.5) is 5.69 Å². The van der Waals surface area contributed by atoms with E-state index in [2.05, 4.69) is 33.2 Å². The first-order valence-electron chi connectivity index (χ1n) is 8.10. The molecule has 5 heteroatoms. The van der Waals surface area contributed by atoms with Crippen LogP contribution < -0.4 is 5.73 Å². The Kier molecular flexibility index (Phi) is 5.11. The van der Waals surface area contributed by atoms with E-state index in [1.165, 1.54) is 0 Å². The molecule has 0 unspecified atom stereocenters. The van der Waals surface area contributed by atoms with E-state index in [1.807, 2.05) is 36.4 Å². The van der Waals surface area contributed by atoms with Crippen molar-refractivity contribution in [3.8, 4) is 11.1 Å². The molecule has 0 radical (unpaired) electrons. The molecule has 0 aliphatic carbocycles. The van der Waals surface area contributed by atoms with Gasteiger partial charge in [-0.15, -0.1) is 0 Å². The molecule has 0 atom stereocenters. The molecule has 124 valence electrons. The van der Waals surface area contributed by atoms with E-state index in [0.717, 1.165) is 48.5 Å². The second-order valence-corrected chi connectivity index (χ2v) is 5.68. The number of nitrogens with zero attached hydrogens (tertiary/aromatic N) is 3. The largest absolute Gasteiger partial charge is 0.399 e. The first-order valence-corrected chi connectivity index (χ1v) is 8.10. The fraction of sp³-hybridized carbons (Fsp3) is 0.263. The molecule has 5 nitrogen and oxygen atoms in total. The van der Waals surface area contributed by atoms with Gasteiger partial charge in [-0.3, -0.25) is 0 Å². The normalized spacial score (nSPS) is 15.3. The average Bonchev–Trinajstić information content (AvgIpc) is 2.64. The number of rotatable bonds is 3. The van der Waals surface area contributed by atoms with Crippen molar-refractivity contribution in [1.82, 2.24) is 4.90 Å². The van der Waals surface area contributed by atoms with Gasteiger partial charge in [-0.2, -0.15) is 0 Å². The van der Waals surface area contributed by atoms with Crippen LogP contribution in [-0.2, 0) is 4.84 Å². The lowest BCUT2D eigenvalue weighted by atomic mass is 10.0. The zero-order valence-corrected chi connectivity index (χ0v) is 13.9. The maximum absolute atomic E-state index is 6.25. The van der Waals surface area contributed by atoms with Crippen LogP contribution in [0.25, 0.3) is 11.1 Å². The molecule has 2 N–H and O–H groups in total. The van der Waals surface area contributed by atoms with Gasteiger partial charge in [0.05, 0.1) is 11.4 Å². The molecule has 2 aromatic carbocycles. The van der Waals surface area contributed by atoms with Gasteiger partial charge in [0.25, 0.3) is 0 Å². The van der Waals surface area contributed by atoms with Gasteiger partial charge in [-0.05, 0) is 11.6 Å². The Hall–Kier alpha value is -2.82. The molecule has 1 saturated heterocycles. The van der Waals surface area contributed by atoms with Crippen molar-refractivity contribution in [2.75, 3.05) is 20.2 Å². The molecule has 1 fully saturated rings.